The number of alkyl halides is 1. The predicted octanol–water partition coefficient (Wildman–Crippen LogP) is 9.56. The molecule has 6 rings (SSSR count). The van der Waals surface area contributed by atoms with Crippen molar-refractivity contribution >= 4 is 40.3 Å². The summed E-state index contributed by atoms with van der Waals surface area (Å²) < 4.78 is 23.8. The zero-order valence-corrected chi connectivity index (χ0v) is 26.8. The number of hydrogen-bond donors (Lipinski definition) is 0. The molecule has 1 aliphatic heterocycles. The van der Waals surface area contributed by atoms with Crippen molar-refractivity contribution in [2.24, 2.45) is 0 Å². The van der Waals surface area contributed by atoms with Crippen LogP contribution in [0, 0.1) is 0 Å². The van der Waals surface area contributed by atoms with Gasteiger partial charge in [-0.25, -0.2) is 4.79 Å². The molecule has 0 bridgehead atoms. The molecule has 0 radical (unpaired) electrons. The van der Waals surface area contributed by atoms with Crippen molar-refractivity contribution in [2.45, 2.75) is 38.2 Å². The maximum atomic E-state index is 12.6. The first kappa shape index (κ1) is 31.3. The molecule has 0 unspecified atom stereocenters. The van der Waals surface area contributed by atoms with Crippen LogP contribution in [0.4, 0.5) is 4.39 Å². The number of fused-ring (bicyclic) bond motifs is 1. The average molecular weight is 645 g/mol. The number of carbonyl (C=O) groups is 1. The number of esters is 1. The van der Waals surface area contributed by atoms with Crippen molar-refractivity contribution in [3.8, 4) is 16.9 Å². The highest BCUT2D eigenvalue weighted by Gasteiger charge is 2.25. The van der Waals surface area contributed by atoms with Crippen molar-refractivity contribution in [3.63, 3.8) is 0 Å². The zero-order chi connectivity index (χ0) is 31.3. The summed E-state index contributed by atoms with van der Waals surface area (Å²) in [5.74, 6) is 0.490. The molecule has 2 aliphatic rings. The Balaban J connectivity index is 1.35. The number of methoxy groups -OCH3 is 1. The first-order chi connectivity index (χ1) is 21.9. The number of allylic oxidation sites excluding steroid dienone is 1. The molecule has 232 valence electrons. The van der Waals surface area contributed by atoms with Crippen molar-refractivity contribution in [1.29, 1.82) is 0 Å². The maximum absolute atomic E-state index is 12.6. The van der Waals surface area contributed by atoms with Gasteiger partial charge in [0, 0.05) is 29.7 Å². The molecule has 1 atom stereocenters. The summed E-state index contributed by atoms with van der Waals surface area (Å²) in [5, 5.41) is 1.25. The van der Waals surface area contributed by atoms with Crippen molar-refractivity contribution in [3.05, 3.63) is 123 Å². The Labute approximate surface area is 274 Å². The summed E-state index contributed by atoms with van der Waals surface area (Å²) in [4.78, 5) is 14.2. The van der Waals surface area contributed by atoms with E-state index in [0.29, 0.717) is 22.0 Å². The second-order valence-corrected chi connectivity index (χ2v) is 12.5. The van der Waals surface area contributed by atoms with Crippen LogP contribution in [-0.2, 0) is 11.2 Å². The zero-order valence-electron chi connectivity index (χ0n) is 25.3. The van der Waals surface area contributed by atoms with Gasteiger partial charge in [-0.15, -0.1) is 0 Å². The van der Waals surface area contributed by atoms with Gasteiger partial charge in [-0.2, -0.15) is 0 Å². The number of hydrogen-bond acceptors (Lipinski definition) is 4. The highest BCUT2D eigenvalue weighted by Crippen LogP contribution is 2.43. The van der Waals surface area contributed by atoms with Gasteiger partial charge in [0.1, 0.15) is 11.9 Å². The van der Waals surface area contributed by atoms with Gasteiger partial charge in [0.2, 0.25) is 0 Å². The third-order valence-corrected chi connectivity index (χ3v) is 9.28. The molecule has 1 fully saturated rings. The molecule has 45 heavy (non-hydrogen) atoms. The minimum absolute atomic E-state index is 0.108. The largest absolute Gasteiger partial charge is 0.489 e. The molecule has 0 amide bonds. The van der Waals surface area contributed by atoms with E-state index in [1.807, 2.05) is 30.3 Å². The molecule has 0 N–H and O–H groups in total. The topological polar surface area (TPSA) is 38.8 Å². The summed E-state index contributed by atoms with van der Waals surface area (Å²) >= 11 is 13.1. The van der Waals surface area contributed by atoms with E-state index in [1.54, 1.807) is 12.1 Å². The molecule has 1 heterocycles. The molecule has 0 aromatic heterocycles. The summed E-state index contributed by atoms with van der Waals surface area (Å²) in [6.07, 6.45) is 4.38. The van der Waals surface area contributed by atoms with Gasteiger partial charge in [0.15, 0.2) is 0 Å². The second kappa shape index (κ2) is 14.2. The van der Waals surface area contributed by atoms with E-state index in [2.05, 4.69) is 47.4 Å². The number of aryl methyl sites for hydroxylation is 1. The molecule has 7 heteroatoms. The first-order valence-electron chi connectivity index (χ1n) is 15.5. The van der Waals surface area contributed by atoms with Crippen LogP contribution in [0.5, 0.6) is 5.75 Å². The summed E-state index contributed by atoms with van der Waals surface area (Å²) in [5.41, 5.74) is 9.54. The van der Waals surface area contributed by atoms with Crippen molar-refractivity contribution < 1.29 is 18.7 Å². The van der Waals surface area contributed by atoms with Crippen LogP contribution in [0.1, 0.15) is 58.3 Å². The lowest BCUT2D eigenvalue weighted by molar-refractivity contribution is 0.0600. The number of nitrogens with zero attached hydrogens (tertiary/aromatic N) is 1. The van der Waals surface area contributed by atoms with Crippen LogP contribution >= 0.6 is 23.2 Å². The highest BCUT2D eigenvalue weighted by atomic mass is 35.5. The quantitative estimate of drug-likeness (QED) is 0.170. The van der Waals surface area contributed by atoms with Crippen LogP contribution in [0.2, 0.25) is 10.0 Å². The normalized spacial score (nSPS) is 16.8. The Morgan fingerprint density at radius 1 is 0.889 bits per heavy atom. The van der Waals surface area contributed by atoms with Gasteiger partial charge < -0.3 is 9.47 Å². The standard InChI is InChI=1S/C38H36Cl2FNO3/c1-44-38(43)27-8-6-25(7-9-27)28-12-16-33-29(22-28)4-2-5-35(34-17-13-30(39)23-36(34)40)37(33)26-10-14-31(15-11-26)45-32-18-21-42(24-32)20-3-19-41/h6-17,22-23,32H,2-5,18-21,24H2,1H3/t32-/m0/s1. The Kier molecular flexibility index (Phi) is 9.89. The first-order valence-corrected chi connectivity index (χ1v) is 16.2. The lowest BCUT2D eigenvalue weighted by Crippen LogP contribution is -2.26. The molecule has 4 aromatic carbocycles. The smallest absolute Gasteiger partial charge is 0.337 e. The summed E-state index contributed by atoms with van der Waals surface area (Å²) in [6.45, 7) is 2.26. The van der Waals surface area contributed by atoms with Crippen LogP contribution in [0.15, 0.2) is 84.9 Å². The average Bonchev–Trinajstić information content (AvgIpc) is 3.42. The Morgan fingerprint density at radius 2 is 1.62 bits per heavy atom. The van der Waals surface area contributed by atoms with E-state index in [4.69, 9.17) is 32.7 Å². The van der Waals surface area contributed by atoms with Crippen LogP contribution in [0.25, 0.3) is 22.3 Å². The van der Waals surface area contributed by atoms with Crippen LogP contribution in [0.3, 0.4) is 0 Å². The van der Waals surface area contributed by atoms with Crippen molar-refractivity contribution in [1.82, 2.24) is 4.90 Å². The number of ether oxygens (including phenoxy) is 2. The lowest BCUT2D eigenvalue weighted by Gasteiger charge is -2.19. The number of rotatable bonds is 9. The molecular formula is C38H36Cl2FNO3. The van der Waals surface area contributed by atoms with Gasteiger partial charge in [0.25, 0.3) is 0 Å². The SMILES string of the molecule is COC(=O)c1ccc(-c2ccc3c(c2)CCCC(c2ccc(Cl)cc2Cl)=C3c2ccc(O[C@H]3CCN(CCCF)C3)cc2)cc1. The van der Waals surface area contributed by atoms with E-state index in [9.17, 15) is 9.18 Å². The molecule has 0 spiro atoms. The monoisotopic (exact) mass is 643 g/mol. The fraction of sp³-hybridized carbons (Fsp3) is 0.289. The fourth-order valence-corrected chi connectivity index (χ4v) is 7.01. The van der Waals surface area contributed by atoms with Crippen LogP contribution in [-0.4, -0.2) is 50.4 Å². The third-order valence-electron chi connectivity index (χ3n) is 8.73. The Bertz CT molecular complexity index is 1700. The minimum atomic E-state index is -0.345. The summed E-state index contributed by atoms with van der Waals surface area (Å²) in [6, 6.07) is 28.3. The van der Waals surface area contributed by atoms with E-state index in [-0.39, 0.29) is 18.7 Å². The maximum Gasteiger partial charge on any atom is 0.337 e. The Morgan fingerprint density at radius 3 is 2.36 bits per heavy atom. The van der Waals surface area contributed by atoms with E-state index >= 15 is 0 Å². The van der Waals surface area contributed by atoms with E-state index in [0.717, 1.165) is 78.9 Å². The Hall–Kier alpha value is -3.64. The fourth-order valence-electron chi connectivity index (χ4n) is 6.49. The van der Waals surface area contributed by atoms with Crippen molar-refractivity contribution in [2.75, 3.05) is 33.4 Å². The molecule has 1 aliphatic carbocycles. The highest BCUT2D eigenvalue weighted by molar-refractivity contribution is 6.36. The van der Waals surface area contributed by atoms with Gasteiger partial charge in [-0.05, 0) is 113 Å². The third kappa shape index (κ3) is 7.12. The number of benzene rings is 4. The predicted molar refractivity (Wildman–Crippen MR) is 181 cm³/mol. The molecule has 4 aromatic rings. The number of halogens is 3. The van der Waals surface area contributed by atoms with Crippen LogP contribution < -0.4 is 4.74 Å². The number of likely N-dealkylation sites (tertiary alicyclic amines) is 1. The molecule has 0 saturated carbocycles. The molecule has 1 saturated heterocycles. The lowest BCUT2D eigenvalue weighted by atomic mass is 9.87. The van der Waals surface area contributed by atoms with Gasteiger partial charge in [-0.3, -0.25) is 9.29 Å². The molecular weight excluding hydrogens is 608 g/mol. The minimum Gasteiger partial charge on any atom is -0.489 e. The van der Waals surface area contributed by atoms with E-state index in [1.165, 1.54) is 23.8 Å². The van der Waals surface area contributed by atoms with Gasteiger partial charge >= 0.3 is 5.97 Å². The molecule has 4 nitrogen and oxygen atoms in total. The van der Waals surface area contributed by atoms with Gasteiger partial charge in [-0.1, -0.05) is 71.7 Å². The second-order valence-electron chi connectivity index (χ2n) is 11.7. The number of carbonyl (C=O) groups excluding carboxylic acids is 1. The van der Waals surface area contributed by atoms with Gasteiger partial charge in [0.05, 0.1) is 19.3 Å². The summed E-state index contributed by atoms with van der Waals surface area (Å²) in [7, 11) is 1.39. The van der Waals surface area contributed by atoms with E-state index < -0.39 is 0 Å².